The van der Waals surface area contributed by atoms with E-state index >= 15 is 0 Å². The summed E-state index contributed by atoms with van der Waals surface area (Å²) in [4.78, 5) is 28.5. The van der Waals surface area contributed by atoms with Crippen LogP contribution in [0.3, 0.4) is 0 Å². The van der Waals surface area contributed by atoms with E-state index in [2.05, 4.69) is 5.32 Å². The average molecular weight is 401 g/mol. The van der Waals surface area contributed by atoms with Gasteiger partial charge in [0.1, 0.15) is 12.4 Å². The van der Waals surface area contributed by atoms with E-state index in [0.717, 1.165) is 11.3 Å². The van der Waals surface area contributed by atoms with E-state index in [-0.39, 0.29) is 24.5 Å². The number of nitrogens with one attached hydrogen (secondary N) is 1. The van der Waals surface area contributed by atoms with Gasteiger partial charge in [-0.2, -0.15) is 0 Å². The molecule has 0 heterocycles. The second kappa shape index (κ2) is 10.0. The summed E-state index contributed by atoms with van der Waals surface area (Å²) in [6, 6.07) is 11.1. The van der Waals surface area contributed by atoms with Crippen molar-refractivity contribution >= 4 is 23.2 Å². The lowest BCUT2D eigenvalue weighted by molar-refractivity contribution is -0.119. The topological polar surface area (TPSA) is 61.9 Å². The van der Waals surface area contributed by atoms with Gasteiger partial charge in [-0.05, 0) is 55.8 Å². The number of amides is 2. The van der Waals surface area contributed by atoms with Crippen molar-refractivity contribution in [1.29, 1.82) is 0 Å². The lowest BCUT2D eigenvalue weighted by Gasteiger charge is -2.29. The van der Waals surface area contributed by atoms with Gasteiger partial charge in [-0.15, -0.1) is 0 Å². The van der Waals surface area contributed by atoms with Crippen molar-refractivity contribution in [3.63, 3.8) is 0 Å². The van der Waals surface area contributed by atoms with Gasteiger partial charge < -0.3 is 19.9 Å². The third-order valence-corrected chi connectivity index (χ3v) is 4.42. The SMILES string of the molecule is COCC(=O)Nc1ccc(N(C)C)c(CN(C(=O)c2cccc(F)c2)C(C)C)c1. The van der Waals surface area contributed by atoms with E-state index in [4.69, 9.17) is 4.74 Å². The number of nitrogens with zero attached hydrogens (tertiary/aromatic N) is 2. The van der Waals surface area contributed by atoms with Crippen molar-refractivity contribution in [2.24, 2.45) is 0 Å². The lowest BCUT2D eigenvalue weighted by Crippen LogP contribution is -2.37. The number of methoxy groups -OCH3 is 1. The van der Waals surface area contributed by atoms with Crippen molar-refractivity contribution in [3.8, 4) is 0 Å². The van der Waals surface area contributed by atoms with E-state index in [1.807, 2.05) is 45.0 Å². The Morgan fingerprint density at radius 3 is 2.45 bits per heavy atom. The molecule has 0 saturated heterocycles. The van der Waals surface area contributed by atoms with Crippen molar-refractivity contribution in [3.05, 3.63) is 59.4 Å². The fourth-order valence-corrected chi connectivity index (χ4v) is 3.01. The maximum Gasteiger partial charge on any atom is 0.254 e. The van der Waals surface area contributed by atoms with E-state index in [9.17, 15) is 14.0 Å². The quantitative estimate of drug-likeness (QED) is 0.735. The smallest absolute Gasteiger partial charge is 0.254 e. The van der Waals surface area contributed by atoms with Gasteiger partial charge in [0, 0.05) is 50.7 Å². The zero-order valence-electron chi connectivity index (χ0n) is 17.5. The summed E-state index contributed by atoms with van der Waals surface area (Å²) >= 11 is 0. The summed E-state index contributed by atoms with van der Waals surface area (Å²) < 4.78 is 18.4. The Morgan fingerprint density at radius 2 is 1.86 bits per heavy atom. The molecule has 7 heteroatoms. The summed E-state index contributed by atoms with van der Waals surface area (Å²) in [5.74, 6) is -0.956. The molecular formula is C22H28FN3O3. The monoisotopic (exact) mass is 401 g/mol. The third-order valence-electron chi connectivity index (χ3n) is 4.42. The minimum absolute atomic E-state index is 0.0407. The average Bonchev–Trinajstić information content (AvgIpc) is 2.65. The van der Waals surface area contributed by atoms with Crippen LogP contribution in [-0.2, 0) is 16.1 Å². The molecule has 0 bridgehead atoms. The molecule has 0 aliphatic heterocycles. The molecule has 1 N–H and O–H groups in total. The Kier molecular flexibility index (Phi) is 7.73. The molecular weight excluding hydrogens is 373 g/mol. The first-order valence-electron chi connectivity index (χ1n) is 9.38. The highest BCUT2D eigenvalue weighted by Gasteiger charge is 2.21. The Balaban J connectivity index is 2.36. The molecule has 0 radical (unpaired) electrons. The predicted molar refractivity (Wildman–Crippen MR) is 113 cm³/mol. The van der Waals surface area contributed by atoms with Crippen molar-refractivity contribution in [2.45, 2.75) is 26.4 Å². The van der Waals surface area contributed by atoms with E-state index in [1.54, 1.807) is 17.0 Å². The molecule has 0 fully saturated rings. The second-order valence-electron chi connectivity index (χ2n) is 7.26. The molecule has 0 spiro atoms. The number of hydrogen-bond donors (Lipinski definition) is 1. The first-order valence-corrected chi connectivity index (χ1v) is 9.38. The molecule has 0 aliphatic rings. The van der Waals surface area contributed by atoms with Crippen LogP contribution in [0.15, 0.2) is 42.5 Å². The Hall–Kier alpha value is -2.93. The zero-order valence-corrected chi connectivity index (χ0v) is 17.5. The van der Waals surface area contributed by atoms with Gasteiger partial charge in [-0.3, -0.25) is 9.59 Å². The van der Waals surface area contributed by atoms with Crippen molar-refractivity contribution in [1.82, 2.24) is 4.90 Å². The molecule has 2 amide bonds. The van der Waals surface area contributed by atoms with Crippen LogP contribution in [0.25, 0.3) is 0 Å². The standard InChI is InChI=1S/C22H28FN3O3/c1-15(2)26(22(28)16-7-6-8-18(23)11-16)13-17-12-19(24-21(27)14-29-5)9-10-20(17)25(3)4/h6-12,15H,13-14H2,1-5H3,(H,24,27). The summed E-state index contributed by atoms with van der Waals surface area (Å²) in [5.41, 5.74) is 2.71. The Bertz CT molecular complexity index is 868. The number of rotatable bonds is 8. The third kappa shape index (κ3) is 6.02. The van der Waals surface area contributed by atoms with Gasteiger partial charge in [0.2, 0.25) is 5.91 Å². The number of anilines is 2. The first-order chi connectivity index (χ1) is 13.7. The summed E-state index contributed by atoms with van der Waals surface area (Å²) in [6.45, 7) is 4.10. The molecule has 0 aliphatic carbocycles. The Labute approximate surface area is 171 Å². The van der Waals surface area contributed by atoms with E-state index in [1.165, 1.54) is 25.3 Å². The second-order valence-corrected chi connectivity index (χ2v) is 7.26. The van der Waals surface area contributed by atoms with Crippen LogP contribution in [0.1, 0.15) is 29.8 Å². The van der Waals surface area contributed by atoms with E-state index < -0.39 is 5.82 Å². The zero-order chi connectivity index (χ0) is 21.6. The van der Waals surface area contributed by atoms with Gasteiger partial charge >= 0.3 is 0 Å². The van der Waals surface area contributed by atoms with Gasteiger partial charge in [0.15, 0.2) is 0 Å². The van der Waals surface area contributed by atoms with Crippen LogP contribution in [0.2, 0.25) is 0 Å². The van der Waals surface area contributed by atoms with Crippen LogP contribution < -0.4 is 10.2 Å². The first kappa shape index (κ1) is 22.4. The molecule has 2 rings (SSSR count). The number of carbonyl (C=O) groups excluding carboxylic acids is 2. The normalized spacial score (nSPS) is 10.7. The minimum atomic E-state index is -0.448. The highest BCUT2D eigenvalue weighted by atomic mass is 19.1. The molecule has 2 aromatic carbocycles. The number of benzene rings is 2. The van der Waals surface area contributed by atoms with Gasteiger partial charge in [-0.25, -0.2) is 4.39 Å². The summed E-state index contributed by atoms with van der Waals surface area (Å²) in [5, 5.41) is 2.78. The predicted octanol–water partition coefficient (Wildman–Crippen LogP) is 3.53. The maximum absolute atomic E-state index is 13.6. The van der Waals surface area contributed by atoms with Crippen LogP contribution in [0.4, 0.5) is 15.8 Å². The summed E-state index contributed by atoms with van der Waals surface area (Å²) in [6.07, 6.45) is 0. The van der Waals surface area contributed by atoms with Crippen molar-refractivity contribution in [2.75, 3.05) is 38.0 Å². The highest BCUT2D eigenvalue weighted by Crippen LogP contribution is 2.26. The number of carbonyl (C=O) groups is 2. The van der Waals surface area contributed by atoms with E-state index in [0.29, 0.717) is 17.8 Å². The number of hydrogen-bond acceptors (Lipinski definition) is 4. The van der Waals surface area contributed by atoms with Crippen LogP contribution in [0, 0.1) is 5.82 Å². The molecule has 0 aromatic heterocycles. The molecule has 0 unspecified atom stereocenters. The molecule has 0 atom stereocenters. The number of ether oxygens (including phenoxy) is 1. The van der Waals surface area contributed by atoms with Crippen LogP contribution in [0.5, 0.6) is 0 Å². The molecule has 0 saturated carbocycles. The number of halogens is 1. The summed E-state index contributed by atoms with van der Waals surface area (Å²) in [7, 11) is 5.28. The fraction of sp³-hybridized carbons (Fsp3) is 0.364. The highest BCUT2D eigenvalue weighted by molar-refractivity contribution is 5.94. The van der Waals surface area contributed by atoms with Crippen molar-refractivity contribution < 1.29 is 18.7 Å². The molecule has 2 aromatic rings. The van der Waals surface area contributed by atoms with Gasteiger partial charge in [0.25, 0.3) is 5.91 Å². The largest absolute Gasteiger partial charge is 0.377 e. The van der Waals surface area contributed by atoms with Crippen LogP contribution >= 0.6 is 0 Å². The van der Waals surface area contributed by atoms with Gasteiger partial charge in [-0.1, -0.05) is 6.07 Å². The Morgan fingerprint density at radius 1 is 1.14 bits per heavy atom. The minimum Gasteiger partial charge on any atom is -0.377 e. The fourth-order valence-electron chi connectivity index (χ4n) is 3.01. The molecule has 156 valence electrons. The lowest BCUT2D eigenvalue weighted by atomic mass is 10.1. The maximum atomic E-state index is 13.6. The molecule has 6 nitrogen and oxygen atoms in total. The van der Waals surface area contributed by atoms with Crippen LogP contribution in [-0.4, -0.2) is 50.6 Å². The molecule has 29 heavy (non-hydrogen) atoms. The van der Waals surface area contributed by atoms with Gasteiger partial charge in [0.05, 0.1) is 0 Å².